The van der Waals surface area contributed by atoms with E-state index in [-0.39, 0.29) is 0 Å². The first-order valence-corrected chi connectivity index (χ1v) is 13.5. The van der Waals surface area contributed by atoms with Crippen molar-refractivity contribution in [3.05, 3.63) is 127 Å². The summed E-state index contributed by atoms with van der Waals surface area (Å²) in [4.78, 5) is 15.3. The van der Waals surface area contributed by atoms with E-state index in [4.69, 9.17) is 15.0 Å². The summed E-state index contributed by atoms with van der Waals surface area (Å²) >= 11 is 0. The lowest BCUT2D eigenvalue weighted by Gasteiger charge is -2.16. The Bertz CT molecular complexity index is 2110. The minimum absolute atomic E-state index is 0.817. The van der Waals surface area contributed by atoms with Gasteiger partial charge in [-0.15, -0.1) is 0 Å². The Morgan fingerprint density at radius 2 is 1.00 bits per heavy atom. The molecule has 0 saturated carbocycles. The SMILES string of the molecule is C1=Cc2ccc3ccc(-c4cccc(-c5ccc6ccc7ccc(-c8ccccc8)nc7c6n5)c4)nc3c2NC1. The second kappa shape index (κ2) is 9.14. The summed E-state index contributed by atoms with van der Waals surface area (Å²) in [6, 6.07) is 40.0. The van der Waals surface area contributed by atoms with Crippen molar-refractivity contribution in [2.75, 3.05) is 11.9 Å². The maximum atomic E-state index is 5.15. The molecule has 8 rings (SSSR count). The second-order valence-electron chi connectivity index (χ2n) is 10.1. The molecule has 0 spiro atoms. The number of benzene rings is 4. The third-order valence-electron chi connectivity index (χ3n) is 7.63. The van der Waals surface area contributed by atoms with Gasteiger partial charge in [-0.05, 0) is 29.8 Å². The quantitative estimate of drug-likeness (QED) is 0.240. The van der Waals surface area contributed by atoms with Gasteiger partial charge >= 0.3 is 0 Å². The van der Waals surface area contributed by atoms with Gasteiger partial charge in [0.25, 0.3) is 0 Å². The summed E-state index contributed by atoms with van der Waals surface area (Å²) in [5, 5.41) is 6.79. The summed E-state index contributed by atoms with van der Waals surface area (Å²) < 4.78 is 0. The van der Waals surface area contributed by atoms with Crippen LogP contribution < -0.4 is 5.32 Å². The predicted molar refractivity (Wildman–Crippen MR) is 166 cm³/mol. The summed E-state index contributed by atoms with van der Waals surface area (Å²) in [6.45, 7) is 0.817. The Morgan fingerprint density at radius 1 is 0.475 bits per heavy atom. The lowest BCUT2D eigenvalue weighted by Crippen LogP contribution is -2.05. The molecule has 0 aliphatic carbocycles. The van der Waals surface area contributed by atoms with Crippen molar-refractivity contribution >= 4 is 44.5 Å². The van der Waals surface area contributed by atoms with Gasteiger partial charge in [-0.1, -0.05) is 103 Å². The van der Waals surface area contributed by atoms with Gasteiger partial charge in [0.1, 0.15) is 0 Å². The van der Waals surface area contributed by atoms with Crippen LogP contribution in [0.1, 0.15) is 5.56 Å². The first-order chi connectivity index (χ1) is 19.8. The highest BCUT2D eigenvalue weighted by molar-refractivity contribution is 6.04. The van der Waals surface area contributed by atoms with Gasteiger partial charge in [-0.2, -0.15) is 0 Å². The molecular weight excluding hydrogens is 488 g/mol. The molecule has 0 saturated heterocycles. The second-order valence-corrected chi connectivity index (χ2v) is 10.1. The van der Waals surface area contributed by atoms with E-state index in [9.17, 15) is 0 Å². The average molecular weight is 513 g/mol. The van der Waals surface area contributed by atoms with Crippen LogP contribution in [-0.2, 0) is 0 Å². The van der Waals surface area contributed by atoms with Crippen LogP contribution in [0.3, 0.4) is 0 Å². The molecule has 0 amide bonds. The molecule has 7 aromatic rings. The third-order valence-corrected chi connectivity index (χ3v) is 7.63. The van der Waals surface area contributed by atoms with Crippen LogP contribution >= 0.6 is 0 Å². The Balaban J connectivity index is 1.24. The van der Waals surface area contributed by atoms with Crippen molar-refractivity contribution in [3.63, 3.8) is 0 Å². The van der Waals surface area contributed by atoms with Gasteiger partial charge in [0, 0.05) is 39.4 Å². The molecule has 1 aliphatic rings. The average Bonchev–Trinajstić information content (AvgIpc) is 3.04. The van der Waals surface area contributed by atoms with Gasteiger partial charge < -0.3 is 5.32 Å². The van der Waals surface area contributed by atoms with E-state index in [0.29, 0.717) is 0 Å². The van der Waals surface area contributed by atoms with Crippen LogP contribution in [-0.4, -0.2) is 21.5 Å². The van der Waals surface area contributed by atoms with Crippen LogP contribution in [0.15, 0.2) is 121 Å². The monoisotopic (exact) mass is 512 g/mol. The van der Waals surface area contributed by atoms with E-state index in [1.165, 1.54) is 5.56 Å². The van der Waals surface area contributed by atoms with E-state index in [1.807, 2.05) is 18.2 Å². The highest BCUT2D eigenvalue weighted by atomic mass is 14.9. The van der Waals surface area contributed by atoms with Crippen LogP contribution in [0.5, 0.6) is 0 Å². The van der Waals surface area contributed by atoms with Gasteiger partial charge in [0.15, 0.2) is 0 Å². The maximum absolute atomic E-state index is 5.15. The Labute approximate surface area is 231 Å². The molecule has 4 nitrogen and oxygen atoms in total. The van der Waals surface area contributed by atoms with Crippen molar-refractivity contribution < 1.29 is 0 Å². The van der Waals surface area contributed by atoms with Gasteiger partial charge in [0.2, 0.25) is 0 Å². The Hall–Kier alpha value is -5.35. The minimum Gasteiger partial charge on any atom is -0.379 e. The summed E-state index contributed by atoms with van der Waals surface area (Å²) in [5.74, 6) is 0. The van der Waals surface area contributed by atoms with Crippen LogP contribution in [0.2, 0.25) is 0 Å². The third kappa shape index (κ3) is 3.81. The molecule has 188 valence electrons. The van der Waals surface area contributed by atoms with Gasteiger partial charge in [-0.25, -0.2) is 15.0 Å². The van der Waals surface area contributed by atoms with Crippen molar-refractivity contribution in [1.82, 2.24) is 15.0 Å². The molecule has 1 N–H and O–H groups in total. The fraction of sp³-hybridized carbons (Fsp3) is 0.0278. The number of hydrogen-bond acceptors (Lipinski definition) is 4. The van der Waals surface area contributed by atoms with E-state index in [0.717, 1.165) is 78.7 Å². The lowest BCUT2D eigenvalue weighted by atomic mass is 10.0. The molecule has 4 heterocycles. The number of hydrogen-bond donors (Lipinski definition) is 1. The highest BCUT2D eigenvalue weighted by Crippen LogP contribution is 2.33. The molecule has 4 aromatic carbocycles. The fourth-order valence-electron chi connectivity index (χ4n) is 5.57. The number of nitrogens with one attached hydrogen (secondary N) is 1. The van der Waals surface area contributed by atoms with E-state index in [1.54, 1.807) is 0 Å². The van der Waals surface area contributed by atoms with E-state index >= 15 is 0 Å². The molecule has 1 aliphatic heterocycles. The fourth-order valence-corrected chi connectivity index (χ4v) is 5.57. The van der Waals surface area contributed by atoms with Gasteiger partial charge in [-0.3, -0.25) is 0 Å². The molecule has 0 bridgehead atoms. The van der Waals surface area contributed by atoms with E-state index in [2.05, 4.69) is 115 Å². The van der Waals surface area contributed by atoms with Crippen molar-refractivity contribution in [2.24, 2.45) is 0 Å². The molecule has 4 heteroatoms. The van der Waals surface area contributed by atoms with Crippen LogP contribution in [0, 0.1) is 0 Å². The summed E-state index contributed by atoms with van der Waals surface area (Å²) in [7, 11) is 0. The van der Waals surface area contributed by atoms with Gasteiger partial charge in [0.05, 0.1) is 39.3 Å². The Kier molecular flexibility index (Phi) is 5.17. The highest BCUT2D eigenvalue weighted by Gasteiger charge is 2.13. The summed E-state index contributed by atoms with van der Waals surface area (Å²) in [5.41, 5.74) is 11.1. The van der Waals surface area contributed by atoms with Crippen molar-refractivity contribution in [2.45, 2.75) is 0 Å². The first-order valence-electron chi connectivity index (χ1n) is 13.5. The molecular formula is C36H24N4. The largest absolute Gasteiger partial charge is 0.379 e. The topological polar surface area (TPSA) is 50.7 Å². The standard InChI is InChI=1S/C36H24N4/c1-2-6-23(7-3-1)30-18-15-26-13-14-27-17-20-32(40-36(27)35(26)38-30)29-9-4-8-28(22-29)31-19-16-25-12-11-24-10-5-21-37-33(24)34(25)39-31/h1-20,22,37H,21H2. The number of aromatic nitrogens is 3. The number of nitrogens with zero attached hydrogens (tertiary/aromatic N) is 3. The van der Waals surface area contributed by atoms with Crippen LogP contribution in [0.4, 0.5) is 5.69 Å². The van der Waals surface area contributed by atoms with Crippen molar-refractivity contribution in [3.8, 4) is 33.8 Å². The molecule has 0 radical (unpaired) electrons. The molecule has 3 aromatic heterocycles. The van der Waals surface area contributed by atoms with Crippen LogP contribution in [0.25, 0.3) is 72.6 Å². The number of pyridine rings is 3. The zero-order valence-electron chi connectivity index (χ0n) is 21.7. The van der Waals surface area contributed by atoms with E-state index < -0.39 is 0 Å². The summed E-state index contributed by atoms with van der Waals surface area (Å²) in [6.07, 6.45) is 4.30. The predicted octanol–water partition coefficient (Wildman–Crippen LogP) is 8.77. The van der Waals surface area contributed by atoms with Crippen molar-refractivity contribution in [1.29, 1.82) is 0 Å². The first kappa shape index (κ1) is 22.6. The molecule has 0 atom stereocenters. The number of rotatable bonds is 3. The number of anilines is 1. The molecule has 0 unspecified atom stereocenters. The maximum Gasteiger partial charge on any atom is 0.0972 e. The molecule has 0 fully saturated rings. The zero-order valence-corrected chi connectivity index (χ0v) is 21.7. The zero-order chi connectivity index (χ0) is 26.5. The molecule has 40 heavy (non-hydrogen) atoms. The lowest BCUT2D eigenvalue weighted by molar-refractivity contribution is 1.30. The Morgan fingerprint density at radius 3 is 1.68 bits per heavy atom. The number of fused-ring (bicyclic) bond motifs is 6. The normalized spacial score (nSPS) is 12.5. The minimum atomic E-state index is 0.817. The smallest absolute Gasteiger partial charge is 0.0972 e.